The largest absolute Gasteiger partial charge is 0.454 e. The molecular weight excluding hydrogens is 1090 g/mol. The molecule has 1 aliphatic heterocycles. The molecule has 8 atom stereocenters. The van der Waals surface area contributed by atoms with Crippen LogP contribution in [0.4, 0.5) is 0 Å². The van der Waals surface area contributed by atoms with Crippen molar-refractivity contribution in [2.45, 2.75) is 397 Å². The zero-order valence-corrected chi connectivity index (χ0v) is 56.6. The first kappa shape index (κ1) is 82.4. The summed E-state index contributed by atoms with van der Waals surface area (Å²) in [6, 6.07) is -1.02. The maximum atomic E-state index is 13.5. The molecular formula is C76H139NO10. The van der Waals surface area contributed by atoms with Crippen molar-refractivity contribution in [2.75, 3.05) is 13.2 Å². The van der Waals surface area contributed by atoms with E-state index in [1.807, 2.05) is 6.08 Å². The molecule has 11 heteroatoms. The Balaban J connectivity index is 2.52. The third kappa shape index (κ3) is 50.7. The molecule has 0 saturated carbocycles. The van der Waals surface area contributed by atoms with Crippen molar-refractivity contribution >= 4 is 11.9 Å². The van der Waals surface area contributed by atoms with Gasteiger partial charge in [-0.15, -0.1) is 0 Å². The van der Waals surface area contributed by atoms with Gasteiger partial charge in [-0.05, 0) is 89.9 Å². The number of esters is 1. The minimum atomic E-state index is -1.61. The van der Waals surface area contributed by atoms with Gasteiger partial charge in [0.1, 0.15) is 24.4 Å². The highest BCUT2D eigenvalue weighted by Crippen LogP contribution is 2.26. The smallest absolute Gasteiger partial charge is 0.306 e. The number of carbonyl (C=O) groups excluding carboxylic acids is 2. The van der Waals surface area contributed by atoms with Crippen LogP contribution in [0.1, 0.15) is 348 Å². The van der Waals surface area contributed by atoms with E-state index in [0.717, 1.165) is 70.6 Å². The Hall–Kier alpha value is -2.64. The maximum absolute atomic E-state index is 13.5. The van der Waals surface area contributed by atoms with Gasteiger partial charge in [0.05, 0.1) is 25.4 Å². The molecule has 0 spiro atoms. The lowest BCUT2D eigenvalue weighted by Gasteiger charge is -2.41. The van der Waals surface area contributed by atoms with Gasteiger partial charge in [0, 0.05) is 6.42 Å². The van der Waals surface area contributed by atoms with Crippen LogP contribution in [0.15, 0.2) is 60.8 Å². The fourth-order valence-electron chi connectivity index (χ4n) is 11.5. The molecule has 0 aromatic rings. The highest BCUT2D eigenvalue weighted by Gasteiger charge is 2.47. The van der Waals surface area contributed by atoms with Crippen LogP contribution in [0.3, 0.4) is 0 Å². The van der Waals surface area contributed by atoms with Gasteiger partial charge in [-0.25, -0.2) is 0 Å². The SMILES string of the molecule is CCCCC/C=C\C/C=C\CCCCCCCCCCCCCCCCCC(=O)OC1C(OCC(NC(=O)C(O)CCCCCCCCCCCCCC/C=C\C/C=C\CCCCC)C(O)/C=C/CCCCCCCCCCC)OC(CO)C(O)C1O. The van der Waals surface area contributed by atoms with Crippen LogP contribution in [-0.2, 0) is 23.8 Å². The zero-order chi connectivity index (χ0) is 63.1. The fourth-order valence-corrected chi connectivity index (χ4v) is 11.5. The lowest BCUT2D eigenvalue weighted by molar-refractivity contribution is -0.305. The van der Waals surface area contributed by atoms with E-state index < -0.39 is 67.4 Å². The first-order valence-electron chi connectivity index (χ1n) is 37.1. The van der Waals surface area contributed by atoms with Crippen molar-refractivity contribution in [3.63, 3.8) is 0 Å². The van der Waals surface area contributed by atoms with E-state index in [4.69, 9.17) is 14.2 Å². The van der Waals surface area contributed by atoms with E-state index in [0.29, 0.717) is 19.3 Å². The topological polar surface area (TPSA) is 175 Å². The van der Waals surface area contributed by atoms with E-state index in [1.165, 1.54) is 231 Å². The van der Waals surface area contributed by atoms with Crippen molar-refractivity contribution < 1.29 is 49.3 Å². The van der Waals surface area contributed by atoms with Crippen LogP contribution in [0.2, 0.25) is 0 Å². The second-order valence-electron chi connectivity index (χ2n) is 25.7. The number of hydrogen-bond donors (Lipinski definition) is 6. The van der Waals surface area contributed by atoms with Gasteiger partial charge in [0.15, 0.2) is 12.4 Å². The number of nitrogens with one attached hydrogen (secondary N) is 1. The molecule has 1 aliphatic rings. The summed E-state index contributed by atoms with van der Waals surface area (Å²) >= 11 is 0. The molecule has 0 aromatic carbocycles. The van der Waals surface area contributed by atoms with Crippen LogP contribution < -0.4 is 5.32 Å². The third-order valence-electron chi connectivity index (χ3n) is 17.4. The molecule has 6 N–H and O–H groups in total. The van der Waals surface area contributed by atoms with Crippen molar-refractivity contribution in [1.82, 2.24) is 5.32 Å². The van der Waals surface area contributed by atoms with Gasteiger partial charge >= 0.3 is 5.97 Å². The van der Waals surface area contributed by atoms with Crippen LogP contribution in [0.25, 0.3) is 0 Å². The van der Waals surface area contributed by atoms with Gasteiger partial charge in [-0.2, -0.15) is 0 Å². The number of ether oxygens (including phenoxy) is 3. The van der Waals surface area contributed by atoms with Crippen LogP contribution in [0.5, 0.6) is 0 Å². The first-order valence-corrected chi connectivity index (χ1v) is 37.1. The van der Waals surface area contributed by atoms with E-state index in [1.54, 1.807) is 6.08 Å². The molecule has 1 rings (SSSR count). The average molecular weight is 1230 g/mol. The number of rotatable bonds is 64. The Kier molecular flexibility index (Phi) is 60.1. The minimum Gasteiger partial charge on any atom is -0.454 e. The molecule has 0 bridgehead atoms. The molecule has 8 unspecified atom stereocenters. The number of carbonyl (C=O) groups is 2. The Morgan fingerprint density at radius 3 is 1.20 bits per heavy atom. The molecule has 87 heavy (non-hydrogen) atoms. The standard InChI is InChI=1S/C76H139NO10/c1-4-7-10-13-16-19-22-24-26-28-30-32-34-35-36-38-40-42-44-46-49-52-55-58-61-64-71(81)87-74-73(83)72(82)70(65-78)86-76(74)85-66-67(68(79)62-59-56-53-50-47-21-18-15-12-9-6-3)77-75(84)69(80)63-60-57-54-51-48-45-43-41-39-37-33-31-29-27-25-23-20-17-14-11-8-5-2/h16-17,19-20,24-27,59,62,67-70,72-74,76,78-80,82-83H,4-15,18,21-23,28-58,60-61,63-66H2,1-3H3,(H,77,84)/b19-16-,20-17-,26-24-,27-25-,62-59+. The number of hydrogen-bond acceptors (Lipinski definition) is 10. The van der Waals surface area contributed by atoms with Crippen LogP contribution in [-0.4, -0.2) is 99.6 Å². The second kappa shape index (κ2) is 63.5. The predicted molar refractivity (Wildman–Crippen MR) is 366 cm³/mol. The van der Waals surface area contributed by atoms with Gasteiger partial charge in [-0.3, -0.25) is 9.59 Å². The Morgan fingerprint density at radius 2 is 0.793 bits per heavy atom. The van der Waals surface area contributed by atoms with Crippen LogP contribution >= 0.6 is 0 Å². The third-order valence-corrected chi connectivity index (χ3v) is 17.4. The lowest BCUT2D eigenvalue weighted by atomic mass is 9.99. The van der Waals surface area contributed by atoms with E-state index in [-0.39, 0.29) is 13.0 Å². The second-order valence-corrected chi connectivity index (χ2v) is 25.7. The molecule has 0 aliphatic carbocycles. The Labute approximate surface area is 535 Å². The lowest BCUT2D eigenvalue weighted by Crippen LogP contribution is -2.61. The summed E-state index contributed by atoms with van der Waals surface area (Å²) in [5.41, 5.74) is 0. The summed E-state index contributed by atoms with van der Waals surface area (Å²) in [7, 11) is 0. The summed E-state index contributed by atoms with van der Waals surface area (Å²) in [5, 5.41) is 57.3. The molecule has 0 radical (unpaired) electrons. The average Bonchev–Trinajstić information content (AvgIpc) is 3.12. The Morgan fingerprint density at radius 1 is 0.448 bits per heavy atom. The maximum Gasteiger partial charge on any atom is 0.306 e. The van der Waals surface area contributed by atoms with Gasteiger partial charge < -0.3 is 45.1 Å². The molecule has 1 saturated heterocycles. The van der Waals surface area contributed by atoms with E-state index >= 15 is 0 Å². The monoisotopic (exact) mass is 1230 g/mol. The summed E-state index contributed by atoms with van der Waals surface area (Å²) < 4.78 is 17.7. The Bertz CT molecular complexity index is 1650. The molecule has 508 valence electrons. The van der Waals surface area contributed by atoms with Crippen molar-refractivity contribution in [3.05, 3.63) is 60.8 Å². The molecule has 1 fully saturated rings. The van der Waals surface area contributed by atoms with Crippen molar-refractivity contribution in [2.24, 2.45) is 0 Å². The highest BCUT2D eigenvalue weighted by molar-refractivity contribution is 5.80. The predicted octanol–water partition coefficient (Wildman–Crippen LogP) is 19.3. The quantitative estimate of drug-likeness (QED) is 0.0195. The van der Waals surface area contributed by atoms with Crippen LogP contribution in [0, 0.1) is 0 Å². The molecule has 1 amide bonds. The number of unbranched alkanes of at least 4 members (excludes halogenated alkanes) is 42. The van der Waals surface area contributed by atoms with Gasteiger partial charge in [0.2, 0.25) is 5.91 Å². The number of aliphatic hydroxyl groups is 5. The summed E-state index contributed by atoms with van der Waals surface area (Å²) in [6.45, 7) is 5.78. The zero-order valence-electron chi connectivity index (χ0n) is 56.6. The number of aliphatic hydroxyl groups excluding tert-OH is 5. The fraction of sp³-hybridized carbons (Fsp3) is 0.842. The summed E-state index contributed by atoms with van der Waals surface area (Å²) in [6.07, 6.45) is 71.2. The first-order chi connectivity index (χ1) is 42.7. The van der Waals surface area contributed by atoms with Crippen molar-refractivity contribution in [1.29, 1.82) is 0 Å². The van der Waals surface area contributed by atoms with E-state index in [9.17, 15) is 35.1 Å². The highest BCUT2D eigenvalue weighted by atomic mass is 16.7. The molecule has 1 heterocycles. The number of allylic oxidation sites excluding steroid dienone is 9. The van der Waals surface area contributed by atoms with Gasteiger partial charge in [0.25, 0.3) is 0 Å². The number of amides is 1. The van der Waals surface area contributed by atoms with Gasteiger partial charge in [-0.1, -0.05) is 313 Å². The molecule has 11 nitrogen and oxygen atoms in total. The molecule has 0 aromatic heterocycles. The van der Waals surface area contributed by atoms with E-state index in [2.05, 4.69) is 74.7 Å². The van der Waals surface area contributed by atoms with Crippen molar-refractivity contribution in [3.8, 4) is 0 Å². The summed E-state index contributed by atoms with van der Waals surface area (Å²) in [4.78, 5) is 26.7. The normalized spacial score (nSPS) is 18.6. The minimum absolute atomic E-state index is 0.125. The summed E-state index contributed by atoms with van der Waals surface area (Å²) in [5.74, 6) is -1.18.